The molecule has 0 unspecified atom stereocenters. The highest BCUT2D eigenvalue weighted by Crippen LogP contribution is 2.28. The first kappa shape index (κ1) is 13.3. The van der Waals surface area contributed by atoms with Gasteiger partial charge >= 0.3 is 0 Å². The molecule has 4 rings (SSSR count). The van der Waals surface area contributed by atoms with Crippen LogP contribution in [0.15, 0.2) is 65.4 Å². The zero-order valence-corrected chi connectivity index (χ0v) is 13.6. The second kappa shape index (κ2) is 5.14. The Labute approximate surface area is 136 Å². The predicted octanol–water partition coefficient (Wildman–Crippen LogP) is 5.09. The van der Waals surface area contributed by atoms with Gasteiger partial charge in [0.1, 0.15) is 0 Å². The first-order valence-corrected chi connectivity index (χ1v) is 7.89. The Morgan fingerprint density at radius 1 is 1.00 bits per heavy atom. The number of hydrogen-bond donors (Lipinski definition) is 1. The van der Waals surface area contributed by atoms with Crippen LogP contribution >= 0.6 is 15.9 Å². The predicted molar refractivity (Wildman–Crippen MR) is 93.3 cm³/mol. The van der Waals surface area contributed by atoms with Crippen LogP contribution in [0, 0.1) is 6.92 Å². The maximum atomic E-state index is 4.28. The summed E-state index contributed by atoms with van der Waals surface area (Å²) in [5.74, 6) is 0. The fourth-order valence-corrected chi connectivity index (χ4v) is 3.05. The van der Waals surface area contributed by atoms with Crippen LogP contribution in [0.3, 0.4) is 0 Å². The maximum absolute atomic E-state index is 4.28. The molecule has 0 amide bonds. The number of hydrogen-bond acceptors (Lipinski definition) is 1. The molecule has 0 saturated carbocycles. The lowest BCUT2D eigenvalue weighted by atomic mass is 10.1. The number of nitrogens with zero attached hydrogens (tertiary/aromatic N) is 2. The van der Waals surface area contributed by atoms with Gasteiger partial charge in [0.25, 0.3) is 0 Å². The molecule has 2 aromatic carbocycles. The van der Waals surface area contributed by atoms with E-state index in [1.807, 2.05) is 6.07 Å². The maximum Gasteiger partial charge on any atom is 0.0931 e. The van der Waals surface area contributed by atoms with Crippen LogP contribution in [0.1, 0.15) is 5.69 Å². The summed E-state index contributed by atoms with van der Waals surface area (Å²) in [4.78, 5) is 7.46. The summed E-state index contributed by atoms with van der Waals surface area (Å²) in [5.41, 5.74) is 6.75. The summed E-state index contributed by atoms with van der Waals surface area (Å²) >= 11 is 3.49. The van der Waals surface area contributed by atoms with Crippen molar-refractivity contribution >= 4 is 27.0 Å². The first-order chi connectivity index (χ1) is 10.7. The van der Waals surface area contributed by atoms with Crippen LogP contribution in [0.25, 0.3) is 28.0 Å². The molecule has 0 aliphatic rings. The summed E-state index contributed by atoms with van der Waals surface area (Å²) < 4.78 is 3.36. The number of imidazole rings is 1. The molecule has 1 N–H and O–H groups in total. The molecular formula is C18H14BrN3. The number of benzene rings is 2. The number of halogens is 1. The Morgan fingerprint density at radius 2 is 1.82 bits per heavy atom. The van der Waals surface area contributed by atoms with E-state index in [-0.39, 0.29) is 0 Å². The normalized spacial score (nSPS) is 11.2. The summed E-state index contributed by atoms with van der Waals surface area (Å²) in [5, 5.41) is 0. The minimum Gasteiger partial charge on any atom is -0.345 e. The van der Waals surface area contributed by atoms with Crippen molar-refractivity contribution in [3.8, 4) is 16.9 Å². The van der Waals surface area contributed by atoms with Gasteiger partial charge < -0.3 is 9.55 Å². The number of fused-ring (bicyclic) bond motifs is 1. The van der Waals surface area contributed by atoms with Gasteiger partial charge in [-0.1, -0.05) is 28.1 Å². The highest BCUT2D eigenvalue weighted by atomic mass is 79.9. The highest BCUT2D eigenvalue weighted by molar-refractivity contribution is 9.10. The van der Waals surface area contributed by atoms with Crippen LogP contribution < -0.4 is 0 Å². The van der Waals surface area contributed by atoms with Crippen molar-refractivity contribution in [1.29, 1.82) is 0 Å². The lowest BCUT2D eigenvalue weighted by Crippen LogP contribution is -1.98. The average Bonchev–Trinajstić information content (AvgIpc) is 3.13. The van der Waals surface area contributed by atoms with Gasteiger partial charge in [0, 0.05) is 15.9 Å². The third-order valence-corrected chi connectivity index (χ3v) is 4.41. The number of rotatable bonds is 2. The Hall–Kier alpha value is -2.33. The zero-order valence-electron chi connectivity index (χ0n) is 12.0. The Bertz CT molecular complexity index is 948. The van der Waals surface area contributed by atoms with Crippen molar-refractivity contribution in [2.75, 3.05) is 0 Å². The molecule has 0 atom stereocenters. The first-order valence-electron chi connectivity index (χ1n) is 7.10. The molecule has 0 bridgehead atoms. The van der Waals surface area contributed by atoms with Gasteiger partial charge in [0.15, 0.2) is 0 Å². The molecule has 0 fully saturated rings. The smallest absolute Gasteiger partial charge is 0.0931 e. The van der Waals surface area contributed by atoms with E-state index in [0.717, 1.165) is 21.2 Å². The number of aryl methyl sites for hydroxylation is 1. The van der Waals surface area contributed by atoms with Crippen LogP contribution in [0.5, 0.6) is 0 Å². The van der Waals surface area contributed by atoms with Crippen molar-refractivity contribution in [1.82, 2.24) is 14.5 Å². The Balaban J connectivity index is 1.91. The molecule has 0 aliphatic carbocycles. The van der Waals surface area contributed by atoms with E-state index in [0.29, 0.717) is 0 Å². The number of aromatic nitrogens is 3. The lowest BCUT2D eigenvalue weighted by Gasteiger charge is -2.12. The van der Waals surface area contributed by atoms with Crippen LogP contribution in [0.2, 0.25) is 0 Å². The average molecular weight is 352 g/mol. The molecule has 3 nitrogen and oxygen atoms in total. The van der Waals surface area contributed by atoms with E-state index in [2.05, 4.69) is 85.9 Å². The Morgan fingerprint density at radius 3 is 2.64 bits per heavy atom. The van der Waals surface area contributed by atoms with Gasteiger partial charge in [-0.05, 0) is 55.0 Å². The van der Waals surface area contributed by atoms with Crippen LogP contribution in [-0.4, -0.2) is 14.5 Å². The monoisotopic (exact) mass is 351 g/mol. The van der Waals surface area contributed by atoms with E-state index >= 15 is 0 Å². The fourth-order valence-electron chi connectivity index (χ4n) is 2.79. The molecule has 4 heteroatoms. The molecule has 108 valence electrons. The van der Waals surface area contributed by atoms with Gasteiger partial charge in [-0.3, -0.25) is 0 Å². The molecule has 0 radical (unpaired) electrons. The van der Waals surface area contributed by atoms with Crippen molar-refractivity contribution in [2.24, 2.45) is 0 Å². The topological polar surface area (TPSA) is 33.6 Å². The van der Waals surface area contributed by atoms with Crippen LogP contribution in [0.4, 0.5) is 0 Å². The molecule has 0 saturated heterocycles. The quantitative estimate of drug-likeness (QED) is 0.536. The van der Waals surface area contributed by atoms with Crippen molar-refractivity contribution < 1.29 is 0 Å². The zero-order chi connectivity index (χ0) is 15.1. The van der Waals surface area contributed by atoms with E-state index in [9.17, 15) is 0 Å². The summed E-state index contributed by atoms with van der Waals surface area (Å²) in [6.45, 7) is 2.12. The van der Waals surface area contributed by atoms with E-state index < -0.39 is 0 Å². The van der Waals surface area contributed by atoms with Gasteiger partial charge in [-0.25, -0.2) is 4.98 Å². The molecule has 2 aromatic heterocycles. The third kappa shape index (κ3) is 2.16. The van der Waals surface area contributed by atoms with Gasteiger partial charge in [-0.15, -0.1) is 0 Å². The van der Waals surface area contributed by atoms with E-state index in [1.54, 1.807) is 6.33 Å². The van der Waals surface area contributed by atoms with Crippen molar-refractivity contribution in [2.45, 2.75) is 6.92 Å². The van der Waals surface area contributed by atoms with Crippen molar-refractivity contribution in [3.05, 3.63) is 71.1 Å². The second-order valence-electron chi connectivity index (χ2n) is 5.31. The third-order valence-electron chi connectivity index (χ3n) is 3.88. The van der Waals surface area contributed by atoms with Gasteiger partial charge in [0.05, 0.1) is 23.1 Å². The largest absolute Gasteiger partial charge is 0.345 e. The molecule has 0 spiro atoms. The van der Waals surface area contributed by atoms with Crippen molar-refractivity contribution in [3.63, 3.8) is 0 Å². The molecule has 0 aliphatic heterocycles. The minimum atomic E-state index is 0.985. The number of H-pyrrole nitrogens is 1. The lowest BCUT2D eigenvalue weighted by molar-refractivity contribution is 1.02. The summed E-state index contributed by atoms with van der Waals surface area (Å²) in [6, 6.07) is 19.0. The Kier molecular flexibility index (Phi) is 3.12. The molecule has 2 heterocycles. The van der Waals surface area contributed by atoms with Gasteiger partial charge in [-0.2, -0.15) is 0 Å². The van der Waals surface area contributed by atoms with E-state index in [1.165, 1.54) is 17.0 Å². The van der Waals surface area contributed by atoms with E-state index in [4.69, 9.17) is 0 Å². The highest BCUT2D eigenvalue weighted by Gasteiger charge is 2.10. The number of aromatic amines is 1. The SMILES string of the molecule is Cc1ccc(-c2ccc(Br)cc2)n1-c1ccc2nc[nH]c2c1. The second-order valence-corrected chi connectivity index (χ2v) is 6.22. The molecule has 4 aromatic rings. The van der Waals surface area contributed by atoms with Crippen LogP contribution in [-0.2, 0) is 0 Å². The number of nitrogens with one attached hydrogen (secondary N) is 1. The summed E-state index contributed by atoms with van der Waals surface area (Å²) in [7, 11) is 0. The fraction of sp³-hybridized carbons (Fsp3) is 0.0556. The standard InChI is InChI=1S/C18H14BrN3/c1-12-2-9-18(13-3-5-14(19)6-4-13)22(12)15-7-8-16-17(10-15)21-11-20-16/h2-11H,1H3,(H,20,21). The summed E-state index contributed by atoms with van der Waals surface area (Å²) in [6.07, 6.45) is 1.73. The molecular weight excluding hydrogens is 338 g/mol. The molecule has 22 heavy (non-hydrogen) atoms. The minimum absolute atomic E-state index is 0.985. The van der Waals surface area contributed by atoms with Gasteiger partial charge in [0.2, 0.25) is 0 Å².